The van der Waals surface area contributed by atoms with E-state index in [9.17, 15) is 9.59 Å². The molecule has 2 amide bonds. The van der Waals surface area contributed by atoms with Gasteiger partial charge < -0.3 is 9.47 Å². The third-order valence-corrected chi connectivity index (χ3v) is 4.55. The molecule has 1 aliphatic heterocycles. The van der Waals surface area contributed by atoms with E-state index in [-0.39, 0.29) is 27.7 Å². The molecule has 24 heavy (non-hydrogen) atoms. The molecule has 1 heterocycles. The molecule has 0 spiro atoms. The molecule has 2 aromatic carbocycles. The van der Waals surface area contributed by atoms with E-state index < -0.39 is 11.8 Å². The third kappa shape index (κ3) is 2.70. The van der Waals surface area contributed by atoms with Crippen molar-refractivity contribution in [1.29, 1.82) is 0 Å². The Balaban J connectivity index is 1.98. The third-order valence-electron chi connectivity index (χ3n) is 3.83. The number of imide groups is 1. The van der Waals surface area contributed by atoms with E-state index in [0.29, 0.717) is 17.1 Å². The Morgan fingerprint density at radius 3 is 2.00 bits per heavy atom. The lowest BCUT2D eigenvalue weighted by molar-refractivity contribution is 0.0641. The van der Waals surface area contributed by atoms with Crippen LogP contribution in [-0.4, -0.2) is 30.9 Å². The van der Waals surface area contributed by atoms with E-state index in [1.54, 1.807) is 18.2 Å². The van der Waals surface area contributed by atoms with Gasteiger partial charge in [-0.05, 0) is 30.3 Å². The molecule has 0 atom stereocenters. The fourth-order valence-corrected chi connectivity index (χ4v) is 2.93. The van der Waals surface area contributed by atoms with E-state index in [0.717, 1.165) is 4.90 Å². The SMILES string of the molecule is COc1ccc(OC)c(CN2C(=O)c3cc(Cl)c(Cl)cc3C2=O)c1. The van der Waals surface area contributed by atoms with Gasteiger partial charge in [0.05, 0.1) is 41.9 Å². The van der Waals surface area contributed by atoms with Crippen molar-refractivity contribution in [2.24, 2.45) is 0 Å². The molecule has 7 heteroatoms. The first-order valence-corrected chi connectivity index (χ1v) is 7.78. The second-order valence-electron chi connectivity index (χ2n) is 5.19. The molecule has 3 rings (SSSR count). The molecule has 0 aromatic heterocycles. The average Bonchev–Trinajstić information content (AvgIpc) is 2.80. The van der Waals surface area contributed by atoms with E-state index in [1.807, 2.05) is 0 Å². The highest BCUT2D eigenvalue weighted by atomic mass is 35.5. The molecule has 0 N–H and O–H groups in total. The number of ether oxygens (including phenoxy) is 2. The van der Waals surface area contributed by atoms with Gasteiger partial charge in [0.1, 0.15) is 11.5 Å². The Labute approximate surface area is 148 Å². The minimum atomic E-state index is -0.418. The van der Waals surface area contributed by atoms with Crippen LogP contribution in [0.15, 0.2) is 30.3 Å². The smallest absolute Gasteiger partial charge is 0.261 e. The lowest BCUT2D eigenvalue weighted by Gasteiger charge is -2.17. The van der Waals surface area contributed by atoms with Crippen LogP contribution >= 0.6 is 23.2 Å². The number of rotatable bonds is 4. The summed E-state index contributed by atoms with van der Waals surface area (Å²) in [5, 5.41) is 0.467. The lowest BCUT2D eigenvalue weighted by atomic mass is 10.1. The average molecular weight is 366 g/mol. The maximum absolute atomic E-state index is 12.6. The Hall–Kier alpha value is -2.24. The number of fused-ring (bicyclic) bond motifs is 1. The number of nitrogens with zero attached hydrogens (tertiary/aromatic N) is 1. The minimum absolute atomic E-state index is 0.0575. The summed E-state index contributed by atoms with van der Waals surface area (Å²) in [5.41, 5.74) is 1.15. The van der Waals surface area contributed by atoms with Crippen molar-refractivity contribution in [3.63, 3.8) is 0 Å². The molecule has 0 aliphatic carbocycles. The van der Waals surface area contributed by atoms with Crippen molar-refractivity contribution in [1.82, 2.24) is 4.90 Å². The van der Waals surface area contributed by atoms with Gasteiger partial charge in [0.15, 0.2) is 0 Å². The largest absolute Gasteiger partial charge is 0.497 e. The Kier molecular flexibility index (Phi) is 4.39. The van der Waals surface area contributed by atoms with E-state index in [2.05, 4.69) is 0 Å². The quantitative estimate of drug-likeness (QED) is 0.773. The van der Waals surface area contributed by atoms with Gasteiger partial charge in [0.25, 0.3) is 11.8 Å². The fraction of sp³-hybridized carbons (Fsp3) is 0.176. The van der Waals surface area contributed by atoms with Crippen molar-refractivity contribution in [3.05, 3.63) is 57.1 Å². The summed E-state index contributed by atoms with van der Waals surface area (Å²) in [6.45, 7) is 0.0575. The van der Waals surface area contributed by atoms with Crippen molar-refractivity contribution in [3.8, 4) is 11.5 Å². The van der Waals surface area contributed by atoms with Crippen molar-refractivity contribution >= 4 is 35.0 Å². The van der Waals surface area contributed by atoms with Crippen LogP contribution in [0.5, 0.6) is 11.5 Å². The van der Waals surface area contributed by atoms with Gasteiger partial charge in [-0.3, -0.25) is 14.5 Å². The van der Waals surface area contributed by atoms with Crippen LogP contribution in [0.25, 0.3) is 0 Å². The van der Waals surface area contributed by atoms with Crippen LogP contribution in [0.3, 0.4) is 0 Å². The molecule has 5 nitrogen and oxygen atoms in total. The second-order valence-corrected chi connectivity index (χ2v) is 6.00. The normalized spacial score (nSPS) is 13.2. The van der Waals surface area contributed by atoms with Gasteiger partial charge in [-0.1, -0.05) is 23.2 Å². The Bertz CT molecular complexity index is 810. The summed E-state index contributed by atoms with van der Waals surface area (Å²) in [5.74, 6) is 0.328. The van der Waals surface area contributed by atoms with Gasteiger partial charge in [0, 0.05) is 5.56 Å². The Morgan fingerprint density at radius 1 is 0.917 bits per heavy atom. The van der Waals surface area contributed by atoms with Crippen molar-refractivity contribution in [2.45, 2.75) is 6.54 Å². The number of halogens is 2. The molecular weight excluding hydrogens is 353 g/mol. The maximum atomic E-state index is 12.6. The zero-order chi connectivity index (χ0) is 17.4. The monoisotopic (exact) mass is 365 g/mol. The van der Waals surface area contributed by atoms with Gasteiger partial charge in [0.2, 0.25) is 0 Å². The van der Waals surface area contributed by atoms with Crippen molar-refractivity contribution < 1.29 is 19.1 Å². The highest BCUT2D eigenvalue weighted by molar-refractivity contribution is 6.43. The number of benzene rings is 2. The summed E-state index contributed by atoms with van der Waals surface area (Å²) in [4.78, 5) is 26.3. The topological polar surface area (TPSA) is 55.8 Å². The molecule has 0 fully saturated rings. The molecule has 0 saturated carbocycles. The molecule has 0 unspecified atom stereocenters. The van der Waals surface area contributed by atoms with E-state index in [4.69, 9.17) is 32.7 Å². The number of amides is 2. The standard InChI is InChI=1S/C17H13Cl2NO4/c1-23-10-3-4-15(24-2)9(5-10)8-20-16(21)11-6-13(18)14(19)7-12(11)17(20)22/h3-7H,8H2,1-2H3. The molecule has 124 valence electrons. The number of carbonyl (C=O) groups excluding carboxylic acids is 2. The molecule has 0 bridgehead atoms. The number of hydrogen-bond donors (Lipinski definition) is 0. The first kappa shape index (κ1) is 16.6. The first-order chi connectivity index (χ1) is 11.5. The summed E-state index contributed by atoms with van der Waals surface area (Å²) >= 11 is 11.9. The van der Waals surface area contributed by atoms with E-state index >= 15 is 0 Å². The second kappa shape index (κ2) is 6.34. The maximum Gasteiger partial charge on any atom is 0.261 e. The van der Waals surface area contributed by atoms with Crippen LogP contribution in [-0.2, 0) is 6.54 Å². The zero-order valence-corrected chi connectivity index (χ0v) is 14.4. The summed E-state index contributed by atoms with van der Waals surface area (Å²) < 4.78 is 10.5. The molecule has 0 saturated heterocycles. The minimum Gasteiger partial charge on any atom is -0.497 e. The fourth-order valence-electron chi connectivity index (χ4n) is 2.60. The predicted octanol–water partition coefficient (Wildman–Crippen LogP) is 3.81. The number of hydrogen-bond acceptors (Lipinski definition) is 4. The zero-order valence-electron chi connectivity index (χ0n) is 12.9. The van der Waals surface area contributed by atoms with Crippen molar-refractivity contribution in [2.75, 3.05) is 14.2 Å². The van der Waals surface area contributed by atoms with Crippen LogP contribution in [0.1, 0.15) is 26.3 Å². The van der Waals surface area contributed by atoms with E-state index in [1.165, 1.54) is 26.4 Å². The first-order valence-electron chi connectivity index (χ1n) is 7.02. The van der Waals surface area contributed by atoms with Gasteiger partial charge in [-0.15, -0.1) is 0 Å². The predicted molar refractivity (Wildman–Crippen MR) is 90.2 cm³/mol. The number of methoxy groups -OCH3 is 2. The molecular formula is C17H13Cl2NO4. The van der Waals surface area contributed by atoms with Gasteiger partial charge in [-0.2, -0.15) is 0 Å². The summed E-state index contributed by atoms with van der Waals surface area (Å²) in [7, 11) is 3.06. The lowest BCUT2D eigenvalue weighted by Crippen LogP contribution is -2.29. The number of carbonyl (C=O) groups is 2. The summed E-state index contributed by atoms with van der Waals surface area (Å²) in [6.07, 6.45) is 0. The highest BCUT2D eigenvalue weighted by Crippen LogP contribution is 2.33. The molecule has 1 aliphatic rings. The molecule has 0 radical (unpaired) electrons. The van der Waals surface area contributed by atoms with Crippen LogP contribution in [0.4, 0.5) is 0 Å². The Morgan fingerprint density at radius 2 is 1.50 bits per heavy atom. The van der Waals surface area contributed by atoms with Crippen LogP contribution in [0, 0.1) is 0 Å². The van der Waals surface area contributed by atoms with Crippen LogP contribution in [0.2, 0.25) is 10.0 Å². The summed E-state index contributed by atoms with van der Waals surface area (Å²) in [6, 6.07) is 8.02. The van der Waals surface area contributed by atoms with Gasteiger partial charge in [-0.25, -0.2) is 0 Å². The van der Waals surface area contributed by atoms with Gasteiger partial charge >= 0.3 is 0 Å². The van der Waals surface area contributed by atoms with Crippen LogP contribution < -0.4 is 9.47 Å². The highest BCUT2D eigenvalue weighted by Gasteiger charge is 2.36. The molecule has 2 aromatic rings.